The first-order chi connectivity index (χ1) is 30.8. The van der Waals surface area contributed by atoms with Crippen molar-refractivity contribution in [1.82, 2.24) is 14.1 Å². The molecule has 0 saturated heterocycles. The standard InChI is InChI=1S/C60H62N4O/c1-40-41(2)63(48-33-45(57(3,4)5)32-46(34-48)58(6,7)8)39-62(40)47-26-21-27-49(36-47)65-50-37-52(60(11,12)43-24-17-14-18-25-43)56-51-28-19-20-29-53(51)64(54(56)38-50)55-35-44(30-31-61-55)59(9,10)42-22-15-13-16-23-42/h13-38H,1-12H3. The molecule has 0 saturated carbocycles. The van der Waals surface area contributed by atoms with Gasteiger partial charge in [-0.3, -0.25) is 13.7 Å². The Balaban J connectivity index is 1.19. The van der Waals surface area contributed by atoms with Crippen molar-refractivity contribution in [1.29, 1.82) is 0 Å². The SMILES string of the molecule is Cc1c(C)[n+](-c2cc(C(C)(C)C)cc(C(C)(C)C)c2)[c-]n1-c1cccc(Oc2cc(C(C)(C)c3ccccc3)c3c4ccccc4n(-c4cc(C(C)(C)c5ccccc5)ccn4)c3c2)c1. The Bertz CT molecular complexity index is 3170. The fourth-order valence-corrected chi connectivity index (χ4v) is 9.33. The molecule has 3 aromatic heterocycles. The smallest absolute Gasteiger partial charge is 0.269 e. The number of hydrogen-bond donors (Lipinski definition) is 0. The monoisotopic (exact) mass is 854 g/mol. The second-order valence-electron chi connectivity index (χ2n) is 20.9. The van der Waals surface area contributed by atoms with E-state index in [1.165, 1.54) is 44.2 Å². The zero-order valence-electron chi connectivity index (χ0n) is 40.2. The molecule has 0 aliphatic carbocycles. The number of fused-ring (bicyclic) bond motifs is 3. The van der Waals surface area contributed by atoms with Crippen LogP contribution >= 0.6 is 0 Å². The number of aromatic nitrogens is 4. The van der Waals surface area contributed by atoms with Gasteiger partial charge in [0.05, 0.1) is 33.8 Å². The van der Waals surface area contributed by atoms with E-state index in [9.17, 15) is 0 Å². The van der Waals surface area contributed by atoms with Crippen molar-refractivity contribution in [3.8, 4) is 28.7 Å². The molecule has 9 aromatic rings. The Morgan fingerprint density at radius 2 is 1.14 bits per heavy atom. The highest BCUT2D eigenvalue weighted by Crippen LogP contribution is 2.45. The van der Waals surface area contributed by atoms with Crippen molar-refractivity contribution < 1.29 is 9.30 Å². The third-order valence-corrected chi connectivity index (χ3v) is 13.7. The number of para-hydroxylation sites is 1. The molecule has 0 unspecified atom stereocenters. The predicted octanol–water partition coefficient (Wildman–Crippen LogP) is 14.7. The Morgan fingerprint density at radius 3 is 1.78 bits per heavy atom. The van der Waals surface area contributed by atoms with Crippen LogP contribution in [0.4, 0.5) is 0 Å². The van der Waals surface area contributed by atoms with Gasteiger partial charge in [-0.05, 0) is 113 Å². The zero-order valence-corrected chi connectivity index (χ0v) is 40.2. The van der Waals surface area contributed by atoms with Crippen LogP contribution in [0.1, 0.15) is 114 Å². The number of imidazole rings is 1. The van der Waals surface area contributed by atoms with Crippen molar-refractivity contribution in [3.05, 3.63) is 209 Å². The third-order valence-electron chi connectivity index (χ3n) is 13.7. The summed E-state index contributed by atoms with van der Waals surface area (Å²) in [5.41, 5.74) is 13.4. The highest BCUT2D eigenvalue weighted by Gasteiger charge is 2.31. The minimum absolute atomic E-state index is 0.00113. The van der Waals surface area contributed by atoms with E-state index in [2.05, 4.69) is 249 Å². The van der Waals surface area contributed by atoms with Gasteiger partial charge in [0.25, 0.3) is 6.33 Å². The molecule has 0 fully saturated rings. The highest BCUT2D eigenvalue weighted by atomic mass is 16.5. The molecule has 0 aliphatic rings. The minimum atomic E-state index is -0.375. The largest absolute Gasteiger partial charge is 0.458 e. The van der Waals surface area contributed by atoms with Crippen molar-refractivity contribution >= 4 is 21.8 Å². The van der Waals surface area contributed by atoms with Gasteiger partial charge < -0.3 is 4.74 Å². The van der Waals surface area contributed by atoms with Crippen LogP contribution in [0.3, 0.4) is 0 Å². The van der Waals surface area contributed by atoms with Crippen LogP contribution in [-0.4, -0.2) is 14.1 Å². The molecule has 0 N–H and O–H groups in total. The summed E-state index contributed by atoms with van der Waals surface area (Å²) >= 11 is 0. The van der Waals surface area contributed by atoms with E-state index < -0.39 is 0 Å². The van der Waals surface area contributed by atoms with Crippen LogP contribution in [0.2, 0.25) is 0 Å². The highest BCUT2D eigenvalue weighted by molar-refractivity contribution is 6.11. The maximum absolute atomic E-state index is 7.04. The summed E-state index contributed by atoms with van der Waals surface area (Å²) in [6.07, 6.45) is 5.69. The lowest BCUT2D eigenvalue weighted by molar-refractivity contribution is -0.606. The van der Waals surface area contributed by atoms with Gasteiger partial charge in [-0.1, -0.05) is 160 Å². The van der Waals surface area contributed by atoms with Crippen LogP contribution in [0.25, 0.3) is 39.0 Å². The first-order valence-electron chi connectivity index (χ1n) is 23.0. The van der Waals surface area contributed by atoms with Crippen molar-refractivity contribution in [2.45, 2.75) is 105 Å². The number of ether oxygens (including phenoxy) is 1. The van der Waals surface area contributed by atoms with E-state index >= 15 is 0 Å². The maximum atomic E-state index is 7.04. The molecule has 9 rings (SSSR count). The van der Waals surface area contributed by atoms with E-state index in [0.29, 0.717) is 0 Å². The van der Waals surface area contributed by atoms with Gasteiger partial charge in [0.15, 0.2) is 0 Å². The average Bonchev–Trinajstić information content (AvgIpc) is 3.78. The molecule has 0 bridgehead atoms. The van der Waals surface area contributed by atoms with Crippen LogP contribution in [0.15, 0.2) is 158 Å². The summed E-state index contributed by atoms with van der Waals surface area (Å²) in [4.78, 5) is 5.08. The molecule has 5 nitrogen and oxygen atoms in total. The number of benzene rings is 6. The predicted molar refractivity (Wildman–Crippen MR) is 269 cm³/mol. The lowest BCUT2D eigenvalue weighted by Crippen LogP contribution is -2.33. The van der Waals surface area contributed by atoms with Gasteiger partial charge in [-0.25, -0.2) is 4.98 Å². The van der Waals surface area contributed by atoms with Gasteiger partial charge >= 0.3 is 0 Å². The lowest BCUT2D eigenvalue weighted by Gasteiger charge is -2.28. The van der Waals surface area contributed by atoms with Crippen molar-refractivity contribution in [3.63, 3.8) is 0 Å². The van der Waals surface area contributed by atoms with Gasteiger partial charge in [-0.15, -0.1) is 0 Å². The summed E-state index contributed by atoms with van der Waals surface area (Å²) in [5, 5.41) is 2.36. The Labute approximate surface area is 386 Å². The summed E-state index contributed by atoms with van der Waals surface area (Å²) in [7, 11) is 0. The second kappa shape index (κ2) is 16.1. The molecular formula is C60H62N4O. The number of rotatable bonds is 9. The Kier molecular flexibility index (Phi) is 10.8. The fourth-order valence-electron chi connectivity index (χ4n) is 9.33. The maximum Gasteiger partial charge on any atom is 0.269 e. The van der Waals surface area contributed by atoms with Crippen molar-refractivity contribution in [2.75, 3.05) is 0 Å². The minimum Gasteiger partial charge on any atom is -0.458 e. The Morgan fingerprint density at radius 1 is 0.523 bits per heavy atom. The quantitative estimate of drug-likeness (QED) is 0.107. The summed E-state index contributed by atoms with van der Waals surface area (Å²) in [6, 6.07) is 54.5. The molecule has 6 aromatic carbocycles. The van der Waals surface area contributed by atoms with E-state index in [0.717, 1.165) is 51.1 Å². The molecule has 0 amide bonds. The van der Waals surface area contributed by atoms with E-state index in [1.807, 2.05) is 12.3 Å². The van der Waals surface area contributed by atoms with E-state index in [4.69, 9.17) is 9.72 Å². The summed E-state index contributed by atoms with van der Waals surface area (Å²) in [5.74, 6) is 2.37. The molecule has 0 atom stereocenters. The first kappa shape index (κ1) is 43.5. The van der Waals surface area contributed by atoms with Gasteiger partial charge in [-0.2, -0.15) is 0 Å². The topological polar surface area (TPSA) is 35.9 Å². The molecular weight excluding hydrogens is 793 g/mol. The van der Waals surface area contributed by atoms with Gasteiger partial charge in [0, 0.05) is 33.9 Å². The van der Waals surface area contributed by atoms with E-state index in [-0.39, 0.29) is 21.7 Å². The zero-order chi connectivity index (χ0) is 46.1. The average molecular weight is 855 g/mol. The number of pyridine rings is 1. The summed E-state index contributed by atoms with van der Waals surface area (Å²) < 4.78 is 13.7. The molecule has 5 heteroatoms. The van der Waals surface area contributed by atoms with Gasteiger partial charge in [0.1, 0.15) is 17.3 Å². The normalized spacial score (nSPS) is 12.6. The molecule has 3 heterocycles. The van der Waals surface area contributed by atoms with Crippen LogP contribution in [-0.2, 0) is 21.7 Å². The molecule has 0 spiro atoms. The van der Waals surface area contributed by atoms with Crippen LogP contribution in [0, 0.1) is 20.2 Å². The fraction of sp³-hybridized carbons (Fsp3) is 0.267. The Hall–Kier alpha value is -6.72. The molecule has 328 valence electrons. The third kappa shape index (κ3) is 7.96. The van der Waals surface area contributed by atoms with E-state index in [1.54, 1.807) is 0 Å². The molecule has 0 aliphatic heterocycles. The summed E-state index contributed by atoms with van der Waals surface area (Å²) in [6.45, 7) is 27.3. The molecule has 65 heavy (non-hydrogen) atoms. The lowest BCUT2D eigenvalue weighted by atomic mass is 9.76. The van der Waals surface area contributed by atoms with Gasteiger partial charge in [0.2, 0.25) is 0 Å². The van der Waals surface area contributed by atoms with Crippen molar-refractivity contribution in [2.24, 2.45) is 0 Å². The van der Waals surface area contributed by atoms with Crippen LogP contribution < -0.4 is 9.30 Å². The number of hydrogen-bond acceptors (Lipinski definition) is 2. The second-order valence-corrected chi connectivity index (χ2v) is 20.9. The van der Waals surface area contributed by atoms with Crippen LogP contribution in [0.5, 0.6) is 11.5 Å². The number of nitrogens with zero attached hydrogens (tertiary/aromatic N) is 4. The molecule has 0 radical (unpaired) electrons. The first-order valence-corrected chi connectivity index (χ1v) is 23.0.